The van der Waals surface area contributed by atoms with Crippen LogP contribution < -0.4 is 15.0 Å². The topological polar surface area (TPSA) is 42.8 Å². The van der Waals surface area contributed by atoms with E-state index in [1.165, 1.54) is 0 Å². The Hall–Kier alpha value is -1.85. The van der Waals surface area contributed by atoms with Crippen LogP contribution >= 0.6 is 15.9 Å². The highest BCUT2D eigenvalue weighted by Gasteiger charge is 2.11. The van der Waals surface area contributed by atoms with E-state index < -0.39 is 0 Å². The smallest absolute Gasteiger partial charge is 0.279 e. The summed E-state index contributed by atoms with van der Waals surface area (Å²) in [6, 6.07) is 15.5. The van der Waals surface area contributed by atoms with E-state index in [0.717, 1.165) is 32.9 Å². The lowest BCUT2D eigenvalue weighted by Gasteiger charge is -2.14. The van der Waals surface area contributed by atoms with Crippen molar-refractivity contribution in [1.82, 2.24) is 0 Å². The summed E-state index contributed by atoms with van der Waals surface area (Å²) >= 11 is 3.39. The van der Waals surface area contributed by atoms with Crippen molar-refractivity contribution in [1.29, 1.82) is 0 Å². The summed E-state index contributed by atoms with van der Waals surface area (Å²) < 4.78 is 6.16. The van der Waals surface area contributed by atoms with E-state index in [2.05, 4.69) is 21.2 Å². The maximum atomic E-state index is 12.1. The second kappa shape index (κ2) is 7.96. The predicted molar refractivity (Wildman–Crippen MR) is 91.2 cm³/mol. The van der Waals surface area contributed by atoms with Crippen molar-refractivity contribution in [2.24, 2.45) is 0 Å². The summed E-state index contributed by atoms with van der Waals surface area (Å²) in [5.41, 5.74) is 1.95. The molecule has 4 nitrogen and oxygen atoms in total. The normalized spacial score (nSPS) is 11.8. The van der Waals surface area contributed by atoms with Crippen molar-refractivity contribution < 1.29 is 14.4 Å². The fourth-order valence-corrected chi connectivity index (χ4v) is 2.64. The zero-order chi connectivity index (χ0) is 15.9. The van der Waals surface area contributed by atoms with E-state index in [9.17, 15) is 4.79 Å². The Bertz CT molecular complexity index is 646. The lowest BCUT2D eigenvalue weighted by Crippen LogP contribution is -3.08. The van der Waals surface area contributed by atoms with Crippen molar-refractivity contribution >= 4 is 27.5 Å². The number of amides is 1. The lowest BCUT2D eigenvalue weighted by atomic mass is 10.2. The van der Waals surface area contributed by atoms with Crippen LogP contribution in [0.4, 0.5) is 5.69 Å². The summed E-state index contributed by atoms with van der Waals surface area (Å²) in [6.07, 6.45) is 0. The second-order valence-corrected chi connectivity index (χ2v) is 6.14. The molecule has 2 aromatic rings. The summed E-state index contributed by atoms with van der Waals surface area (Å²) in [7, 11) is 3.65. The van der Waals surface area contributed by atoms with E-state index in [4.69, 9.17) is 4.74 Å². The van der Waals surface area contributed by atoms with Crippen LogP contribution in [0.5, 0.6) is 5.75 Å². The van der Waals surface area contributed by atoms with Gasteiger partial charge in [0.05, 0.1) is 14.2 Å². The lowest BCUT2D eigenvalue weighted by molar-refractivity contribution is -0.885. The van der Waals surface area contributed by atoms with Crippen LogP contribution in [0.25, 0.3) is 0 Å². The quantitative estimate of drug-likeness (QED) is 0.825. The maximum absolute atomic E-state index is 12.1. The number of nitrogens with one attached hydrogen (secondary N) is 2. The number of anilines is 1. The van der Waals surface area contributed by atoms with Gasteiger partial charge in [0.1, 0.15) is 12.3 Å². The van der Waals surface area contributed by atoms with E-state index >= 15 is 0 Å². The fraction of sp³-hybridized carbons (Fsp3) is 0.235. The van der Waals surface area contributed by atoms with Crippen LogP contribution in [-0.2, 0) is 11.3 Å². The summed E-state index contributed by atoms with van der Waals surface area (Å²) in [5.74, 6) is 0.836. The van der Waals surface area contributed by atoms with Gasteiger partial charge in [-0.25, -0.2) is 0 Å². The van der Waals surface area contributed by atoms with Gasteiger partial charge in [0.2, 0.25) is 0 Å². The Kier molecular flexibility index (Phi) is 5.98. The molecule has 2 rings (SSSR count). The third-order valence-electron chi connectivity index (χ3n) is 3.21. The van der Waals surface area contributed by atoms with Gasteiger partial charge in [0.15, 0.2) is 6.54 Å². The number of carbonyl (C=O) groups excluding carboxylic acids is 1. The SMILES string of the molecule is COc1cccc(C[NH+](C)CC(=O)Nc2cccc(Br)c2)c1. The number of quaternary nitrogens is 1. The van der Waals surface area contributed by atoms with Crippen molar-refractivity contribution in [3.8, 4) is 5.75 Å². The molecule has 1 amide bonds. The van der Waals surface area contributed by atoms with E-state index in [-0.39, 0.29) is 5.91 Å². The highest BCUT2D eigenvalue weighted by atomic mass is 79.9. The average molecular weight is 364 g/mol. The molecule has 0 bridgehead atoms. The van der Waals surface area contributed by atoms with Crippen LogP contribution in [-0.4, -0.2) is 26.6 Å². The van der Waals surface area contributed by atoms with E-state index in [0.29, 0.717) is 6.54 Å². The van der Waals surface area contributed by atoms with Gasteiger partial charge in [-0.15, -0.1) is 0 Å². The first-order valence-electron chi connectivity index (χ1n) is 7.06. The number of likely N-dealkylation sites (N-methyl/N-ethyl adjacent to an activating group) is 1. The van der Waals surface area contributed by atoms with Crippen LogP contribution in [0.2, 0.25) is 0 Å². The minimum atomic E-state index is -0.00139. The largest absolute Gasteiger partial charge is 0.497 e. The number of methoxy groups -OCH3 is 1. The molecular weight excluding hydrogens is 344 g/mol. The van der Waals surface area contributed by atoms with Crippen molar-refractivity contribution in [2.45, 2.75) is 6.54 Å². The molecule has 22 heavy (non-hydrogen) atoms. The molecule has 5 heteroatoms. The third kappa shape index (κ3) is 5.16. The molecule has 2 aromatic carbocycles. The number of ether oxygens (including phenoxy) is 1. The summed E-state index contributed by atoms with van der Waals surface area (Å²) in [4.78, 5) is 13.2. The zero-order valence-corrected chi connectivity index (χ0v) is 14.3. The Morgan fingerprint density at radius 1 is 1.23 bits per heavy atom. The van der Waals surface area contributed by atoms with Crippen LogP contribution in [0.15, 0.2) is 53.0 Å². The highest BCUT2D eigenvalue weighted by molar-refractivity contribution is 9.10. The molecular formula is C17H20BrN2O2+. The molecule has 0 spiro atoms. The molecule has 0 aliphatic rings. The Labute approximate surface area is 139 Å². The van der Waals surface area contributed by atoms with Crippen molar-refractivity contribution in [2.75, 3.05) is 26.0 Å². The number of benzene rings is 2. The second-order valence-electron chi connectivity index (χ2n) is 5.22. The monoisotopic (exact) mass is 363 g/mol. The third-order valence-corrected chi connectivity index (χ3v) is 3.70. The number of hydrogen-bond donors (Lipinski definition) is 2. The highest BCUT2D eigenvalue weighted by Crippen LogP contribution is 2.15. The van der Waals surface area contributed by atoms with E-state index in [1.807, 2.05) is 55.6 Å². The molecule has 0 saturated heterocycles. The van der Waals surface area contributed by atoms with Crippen molar-refractivity contribution in [3.63, 3.8) is 0 Å². The summed E-state index contributed by atoms with van der Waals surface area (Å²) in [6.45, 7) is 1.17. The molecule has 1 atom stereocenters. The number of halogens is 1. The molecule has 0 fully saturated rings. The number of hydrogen-bond acceptors (Lipinski definition) is 2. The zero-order valence-electron chi connectivity index (χ0n) is 12.7. The van der Waals surface area contributed by atoms with Gasteiger partial charge in [0, 0.05) is 15.7 Å². The molecule has 1 unspecified atom stereocenters. The first kappa shape index (κ1) is 16.5. The van der Waals surface area contributed by atoms with Gasteiger partial charge < -0.3 is 15.0 Å². The average Bonchev–Trinajstić information content (AvgIpc) is 2.47. The Morgan fingerprint density at radius 2 is 2.00 bits per heavy atom. The van der Waals surface area contributed by atoms with Crippen LogP contribution in [0.3, 0.4) is 0 Å². The van der Waals surface area contributed by atoms with E-state index in [1.54, 1.807) is 7.11 Å². The van der Waals surface area contributed by atoms with Gasteiger partial charge >= 0.3 is 0 Å². The predicted octanol–water partition coefficient (Wildman–Crippen LogP) is 2.11. The van der Waals surface area contributed by atoms with Gasteiger partial charge in [-0.1, -0.05) is 34.1 Å². The minimum Gasteiger partial charge on any atom is -0.497 e. The summed E-state index contributed by atoms with van der Waals surface area (Å²) in [5, 5.41) is 2.91. The van der Waals surface area contributed by atoms with Crippen LogP contribution in [0.1, 0.15) is 5.56 Å². The number of carbonyl (C=O) groups is 1. The first-order valence-corrected chi connectivity index (χ1v) is 7.86. The minimum absolute atomic E-state index is 0.00139. The molecule has 0 aliphatic heterocycles. The molecule has 2 N–H and O–H groups in total. The molecule has 0 heterocycles. The molecule has 0 saturated carbocycles. The molecule has 116 valence electrons. The first-order chi connectivity index (χ1) is 10.6. The Morgan fingerprint density at radius 3 is 2.73 bits per heavy atom. The standard InChI is InChI=1S/C17H19BrN2O2/c1-20(11-13-5-3-8-16(9-13)22-2)12-17(21)19-15-7-4-6-14(18)10-15/h3-10H,11-12H2,1-2H3,(H,19,21)/p+1. The maximum Gasteiger partial charge on any atom is 0.279 e. The Balaban J connectivity index is 1.88. The van der Waals surface area contributed by atoms with Crippen molar-refractivity contribution in [3.05, 3.63) is 58.6 Å². The van der Waals surface area contributed by atoms with Gasteiger partial charge in [0.25, 0.3) is 5.91 Å². The van der Waals surface area contributed by atoms with Gasteiger partial charge in [-0.3, -0.25) is 4.79 Å². The van der Waals surface area contributed by atoms with Crippen LogP contribution in [0, 0.1) is 0 Å². The van der Waals surface area contributed by atoms with Gasteiger partial charge in [-0.05, 0) is 30.3 Å². The number of rotatable bonds is 6. The molecule has 0 radical (unpaired) electrons. The van der Waals surface area contributed by atoms with Gasteiger partial charge in [-0.2, -0.15) is 0 Å². The molecule has 0 aromatic heterocycles. The molecule has 0 aliphatic carbocycles. The fourth-order valence-electron chi connectivity index (χ4n) is 2.24.